The number of carbonyl (C=O) groups excluding carboxylic acids is 2. The molecule has 0 heterocycles. The molecule has 0 unspecified atom stereocenters. The molecule has 5 N–H and O–H groups in total. The first-order valence-corrected chi connectivity index (χ1v) is 24.3. The summed E-state index contributed by atoms with van der Waals surface area (Å²) in [6.45, 7) is 6.64. The summed E-state index contributed by atoms with van der Waals surface area (Å²) < 4.78 is 12.4. The lowest BCUT2D eigenvalue weighted by atomic mass is 9.81. The van der Waals surface area contributed by atoms with E-state index in [1.165, 1.54) is 119 Å². The van der Waals surface area contributed by atoms with Crippen LogP contribution in [0.3, 0.4) is 0 Å². The van der Waals surface area contributed by atoms with Gasteiger partial charge in [-0.25, -0.2) is 0 Å². The summed E-state index contributed by atoms with van der Waals surface area (Å²) in [7, 11) is 0. The van der Waals surface area contributed by atoms with Crippen LogP contribution >= 0.6 is 0 Å². The van der Waals surface area contributed by atoms with E-state index in [4.69, 9.17) is 15.2 Å². The molecule has 64 heavy (non-hydrogen) atoms. The number of nitrogens with one attached hydrogen (secondary N) is 1. The standard InChI is InChI=1S/C56H70N2O6/c1-4-7-10-12-14-16-18-20-23-40-27-33-43(34-28-40)63-47-37-45(57)49-51(53(47)59)56(62)50-46(58-42-31-25-39(26-32-42)22-9-6-3)38-48(54(60)52(50)55(49)61)64-44-35-29-41(30-36-44)24-21-19-17-15-13-11-8-5-2/h25-38,58-60H,4-24,57H2,1-3H3. The van der Waals surface area contributed by atoms with Crippen LogP contribution in [0.15, 0.2) is 84.9 Å². The fourth-order valence-electron chi connectivity index (χ4n) is 8.66. The molecule has 6 rings (SSSR count). The van der Waals surface area contributed by atoms with Crippen LogP contribution in [0.5, 0.6) is 34.5 Å². The third-order valence-electron chi connectivity index (χ3n) is 12.5. The first-order chi connectivity index (χ1) is 31.2. The van der Waals surface area contributed by atoms with Crippen LogP contribution in [-0.2, 0) is 19.3 Å². The molecule has 8 heteroatoms. The molecule has 0 radical (unpaired) electrons. The number of anilines is 3. The van der Waals surface area contributed by atoms with Crippen molar-refractivity contribution in [3.63, 3.8) is 0 Å². The van der Waals surface area contributed by atoms with E-state index < -0.39 is 23.1 Å². The Morgan fingerprint density at radius 3 is 1.30 bits per heavy atom. The van der Waals surface area contributed by atoms with Gasteiger partial charge < -0.3 is 30.7 Å². The minimum Gasteiger partial charge on any atom is -0.504 e. The summed E-state index contributed by atoms with van der Waals surface area (Å²) in [4.78, 5) is 29.2. The highest BCUT2D eigenvalue weighted by molar-refractivity contribution is 6.34. The van der Waals surface area contributed by atoms with Crippen LogP contribution in [0.25, 0.3) is 0 Å². The van der Waals surface area contributed by atoms with Crippen LogP contribution in [0.1, 0.15) is 185 Å². The molecule has 1 aliphatic carbocycles. The average molecular weight is 867 g/mol. The molecular weight excluding hydrogens is 797 g/mol. The number of hydrogen-bond acceptors (Lipinski definition) is 8. The Balaban J connectivity index is 1.22. The Hall–Kier alpha value is -5.76. The minimum atomic E-state index is -0.712. The number of carbonyl (C=O) groups is 2. The molecule has 0 bridgehead atoms. The zero-order valence-corrected chi connectivity index (χ0v) is 38.5. The highest BCUT2D eigenvalue weighted by Gasteiger charge is 2.40. The summed E-state index contributed by atoms with van der Waals surface area (Å²) in [5, 5.41) is 26.8. The lowest BCUT2D eigenvalue weighted by Gasteiger charge is -2.25. The second kappa shape index (κ2) is 24.3. The number of rotatable bonds is 27. The van der Waals surface area contributed by atoms with E-state index in [1.807, 2.05) is 72.8 Å². The van der Waals surface area contributed by atoms with Gasteiger partial charge in [0.25, 0.3) is 0 Å². The fraction of sp³-hybridized carbons (Fsp3) is 0.429. The van der Waals surface area contributed by atoms with Gasteiger partial charge in [-0.2, -0.15) is 0 Å². The third-order valence-corrected chi connectivity index (χ3v) is 12.5. The molecule has 0 fully saturated rings. The van der Waals surface area contributed by atoms with Gasteiger partial charge in [-0.15, -0.1) is 0 Å². The van der Waals surface area contributed by atoms with Gasteiger partial charge in [0.2, 0.25) is 11.6 Å². The average Bonchev–Trinajstić information content (AvgIpc) is 3.30. The van der Waals surface area contributed by atoms with E-state index in [2.05, 4.69) is 26.1 Å². The molecule has 0 atom stereocenters. The van der Waals surface area contributed by atoms with E-state index >= 15 is 0 Å². The summed E-state index contributed by atoms with van der Waals surface area (Å²) >= 11 is 0. The van der Waals surface area contributed by atoms with Gasteiger partial charge in [-0.3, -0.25) is 9.59 Å². The number of unbranched alkanes of at least 4 members (excludes halogenated alkanes) is 15. The molecule has 5 aromatic carbocycles. The zero-order valence-electron chi connectivity index (χ0n) is 38.5. The van der Waals surface area contributed by atoms with Crippen molar-refractivity contribution < 1.29 is 29.3 Å². The van der Waals surface area contributed by atoms with Crippen molar-refractivity contribution in [2.75, 3.05) is 11.1 Å². The first kappa shape index (κ1) is 47.7. The monoisotopic (exact) mass is 867 g/mol. The van der Waals surface area contributed by atoms with Gasteiger partial charge in [0.1, 0.15) is 11.5 Å². The summed E-state index contributed by atoms with van der Waals surface area (Å²) in [6.07, 6.45) is 25.2. The molecule has 5 aromatic rings. The molecule has 0 amide bonds. The quantitative estimate of drug-likeness (QED) is 0.0229. The lowest BCUT2D eigenvalue weighted by molar-refractivity contribution is 0.0974. The molecule has 0 saturated carbocycles. The number of benzene rings is 5. The van der Waals surface area contributed by atoms with E-state index in [1.54, 1.807) is 0 Å². The van der Waals surface area contributed by atoms with Crippen LogP contribution < -0.4 is 20.5 Å². The molecule has 0 spiro atoms. The van der Waals surface area contributed by atoms with Crippen molar-refractivity contribution >= 4 is 28.6 Å². The number of nitrogens with two attached hydrogens (primary N) is 1. The van der Waals surface area contributed by atoms with E-state index in [-0.39, 0.29) is 45.1 Å². The second-order valence-corrected chi connectivity index (χ2v) is 17.6. The lowest BCUT2D eigenvalue weighted by Crippen LogP contribution is -2.24. The molecule has 8 nitrogen and oxygen atoms in total. The maximum absolute atomic E-state index is 14.7. The number of fused-ring (bicyclic) bond motifs is 2. The number of nitrogen functional groups attached to an aromatic ring is 1. The number of ketones is 2. The van der Waals surface area contributed by atoms with E-state index in [0.717, 1.165) is 44.9 Å². The highest BCUT2D eigenvalue weighted by Crippen LogP contribution is 2.50. The van der Waals surface area contributed by atoms with E-state index in [0.29, 0.717) is 17.2 Å². The van der Waals surface area contributed by atoms with Crippen molar-refractivity contribution in [2.24, 2.45) is 0 Å². The Morgan fingerprint density at radius 1 is 0.453 bits per heavy atom. The Morgan fingerprint density at radius 2 is 0.828 bits per heavy atom. The summed E-state index contributed by atoms with van der Waals surface area (Å²) in [5.41, 5.74) is 10.1. The number of ether oxygens (including phenoxy) is 2. The van der Waals surface area contributed by atoms with Gasteiger partial charge in [-0.05, 0) is 91.6 Å². The van der Waals surface area contributed by atoms with E-state index in [9.17, 15) is 19.8 Å². The van der Waals surface area contributed by atoms with Crippen LogP contribution in [-0.4, -0.2) is 21.8 Å². The van der Waals surface area contributed by atoms with Gasteiger partial charge in [0.15, 0.2) is 23.0 Å². The molecule has 0 aromatic heterocycles. The van der Waals surface area contributed by atoms with Gasteiger partial charge in [-0.1, -0.05) is 153 Å². The molecule has 1 aliphatic rings. The van der Waals surface area contributed by atoms with Gasteiger partial charge in [0.05, 0.1) is 27.9 Å². The van der Waals surface area contributed by atoms with Crippen molar-refractivity contribution in [2.45, 2.75) is 156 Å². The molecule has 0 saturated heterocycles. The molecular formula is C56H70N2O6. The largest absolute Gasteiger partial charge is 0.504 e. The number of aromatic hydroxyl groups is 2. The van der Waals surface area contributed by atoms with Crippen LogP contribution in [0, 0.1) is 0 Å². The fourth-order valence-corrected chi connectivity index (χ4v) is 8.66. The SMILES string of the molecule is CCCCCCCCCCc1ccc(Oc2cc(N)c3c(c2O)C(=O)c2c(Nc4ccc(CCCC)cc4)cc(Oc4ccc(CCCCCCCCCC)cc4)c(O)c2C3=O)cc1. The highest BCUT2D eigenvalue weighted by atomic mass is 16.5. The van der Waals surface area contributed by atoms with Gasteiger partial charge in [0, 0.05) is 23.5 Å². The first-order valence-electron chi connectivity index (χ1n) is 24.3. The second-order valence-electron chi connectivity index (χ2n) is 17.6. The van der Waals surface area contributed by atoms with Crippen LogP contribution in [0.2, 0.25) is 0 Å². The van der Waals surface area contributed by atoms with Crippen LogP contribution in [0.4, 0.5) is 17.1 Å². The third kappa shape index (κ3) is 12.7. The normalized spacial score (nSPS) is 12.0. The Bertz CT molecular complexity index is 2280. The minimum absolute atomic E-state index is 0.00478. The number of hydrogen-bond donors (Lipinski definition) is 4. The van der Waals surface area contributed by atoms with Crippen molar-refractivity contribution in [3.8, 4) is 34.5 Å². The predicted octanol–water partition coefficient (Wildman–Crippen LogP) is 15.5. The maximum atomic E-state index is 14.7. The molecule has 340 valence electrons. The number of phenolic OH excluding ortho intramolecular Hbond substituents is 2. The topological polar surface area (TPSA) is 131 Å². The predicted molar refractivity (Wildman–Crippen MR) is 261 cm³/mol. The zero-order chi connectivity index (χ0) is 45.3. The van der Waals surface area contributed by atoms with Crippen molar-refractivity contribution in [1.29, 1.82) is 0 Å². The van der Waals surface area contributed by atoms with Crippen molar-refractivity contribution in [3.05, 3.63) is 124 Å². The van der Waals surface area contributed by atoms with Gasteiger partial charge >= 0.3 is 0 Å². The number of phenols is 2. The summed E-state index contributed by atoms with van der Waals surface area (Å²) in [6, 6.07) is 26.2. The smallest absolute Gasteiger partial charge is 0.200 e. The Labute approximate surface area is 381 Å². The Kier molecular flexibility index (Phi) is 18.1. The number of aryl methyl sites for hydroxylation is 3. The maximum Gasteiger partial charge on any atom is 0.200 e. The van der Waals surface area contributed by atoms with Crippen molar-refractivity contribution in [1.82, 2.24) is 0 Å². The summed E-state index contributed by atoms with van der Waals surface area (Å²) in [5.74, 6) is -1.53. The molecule has 0 aliphatic heterocycles.